The molecular weight excluding hydrogens is 416 g/mol. The van der Waals surface area contributed by atoms with Crippen LogP contribution >= 0.6 is 0 Å². The molecule has 1 atom stereocenters. The van der Waals surface area contributed by atoms with Crippen molar-refractivity contribution in [2.75, 3.05) is 12.8 Å². The summed E-state index contributed by atoms with van der Waals surface area (Å²) in [6, 6.07) is 1.11. The summed E-state index contributed by atoms with van der Waals surface area (Å²) in [7, 11) is -2.08. The van der Waals surface area contributed by atoms with Crippen LogP contribution in [-0.2, 0) is 26.0 Å². The van der Waals surface area contributed by atoms with Crippen LogP contribution in [0.25, 0.3) is 11.0 Å². The monoisotopic (exact) mass is 452 g/mol. The van der Waals surface area contributed by atoms with Crippen LogP contribution in [-0.4, -0.2) is 58.6 Å². The molecule has 9 heteroatoms. The van der Waals surface area contributed by atoms with Crippen LogP contribution in [0.3, 0.4) is 0 Å². The van der Waals surface area contributed by atoms with Crippen molar-refractivity contribution >= 4 is 27.0 Å². The van der Waals surface area contributed by atoms with Gasteiger partial charge in [-0.25, -0.2) is 13.4 Å². The highest BCUT2D eigenvalue weighted by Gasteiger charge is 2.33. The molecule has 8 nitrogen and oxygen atoms in total. The van der Waals surface area contributed by atoms with Gasteiger partial charge in [0.15, 0.2) is 0 Å². The van der Waals surface area contributed by atoms with E-state index in [1.165, 1.54) is 11.4 Å². The minimum absolute atomic E-state index is 0.00615. The van der Waals surface area contributed by atoms with Crippen molar-refractivity contribution in [1.82, 2.24) is 19.3 Å². The Morgan fingerprint density at radius 3 is 2.55 bits per heavy atom. The van der Waals surface area contributed by atoms with E-state index in [9.17, 15) is 13.2 Å². The maximum atomic E-state index is 12.8. The third-order valence-corrected chi connectivity index (χ3v) is 7.04. The van der Waals surface area contributed by atoms with Crippen LogP contribution < -0.4 is 0 Å². The van der Waals surface area contributed by atoms with Gasteiger partial charge in [0.05, 0.1) is 23.1 Å². The van der Waals surface area contributed by atoms with Crippen molar-refractivity contribution in [2.24, 2.45) is 5.92 Å². The highest BCUT2D eigenvalue weighted by atomic mass is 32.2. The number of nitrogens with zero attached hydrogens (tertiary/aromatic N) is 3. The van der Waals surface area contributed by atoms with Crippen molar-refractivity contribution in [3.05, 3.63) is 23.8 Å². The van der Waals surface area contributed by atoms with Crippen molar-refractivity contribution in [2.45, 2.75) is 78.9 Å². The zero-order valence-corrected chi connectivity index (χ0v) is 20.3. The number of imidazole rings is 1. The van der Waals surface area contributed by atoms with Crippen molar-refractivity contribution in [1.29, 1.82) is 0 Å². The number of fused-ring (bicyclic) bond motifs is 1. The fourth-order valence-electron chi connectivity index (χ4n) is 3.54. The lowest BCUT2D eigenvalue weighted by molar-refractivity contribution is -0.152. The van der Waals surface area contributed by atoms with E-state index in [-0.39, 0.29) is 17.8 Å². The quantitative estimate of drug-likeness (QED) is 0.390. The van der Waals surface area contributed by atoms with Gasteiger partial charge in [-0.1, -0.05) is 20.3 Å². The second-order valence-corrected chi connectivity index (χ2v) is 10.9. The highest BCUT2D eigenvalue weighted by Crippen LogP contribution is 2.19. The molecule has 0 radical (unpaired) electrons. The number of rotatable bonds is 12. The molecule has 0 fully saturated rings. The number of esters is 1. The fourth-order valence-corrected chi connectivity index (χ4v) is 4.96. The maximum Gasteiger partial charge on any atom is 0.324 e. The van der Waals surface area contributed by atoms with Gasteiger partial charge in [0.1, 0.15) is 17.4 Å². The first-order valence-corrected chi connectivity index (χ1v) is 12.6. The van der Waals surface area contributed by atoms with Gasteiger partial charge in [-0.15, -0.1) is 0 Å². The van der Waals surface area contributed by atoms with Crippen molar-refractivity contribution in [3.63, 3.8) is 0 Å². The number of carbonyl (C=O) groups is 1. The smallest absolute Gasteiger partial charge is 0.324 e. The number of H-pyrrole nitrogens is 1. The molecular formula is C22H36N4O4S. The van der Waals surface area contributed by atoms with Crippen LogP contribution in [0, 0.1) is 12.8 Å². The van der Waals surface area contributed by atoms with Gasteiger partial charge in [-0.2, -0.15) is 4.31 Å². The van der Waals surface area contributed by atoms with Crippen LogP contribution in [0.15, 0.2) is 12.3 Å². The third kappa shape index (κ3) is 7.28. The number of hydrogen-bond acceptors (Lipinski definition) is 6. The lowest BCUT2D eigenvalue weighted by Crippen LogP contribution is -2.45. The Morgan fingerprint density at radius 1 is 1.19 bits per heavy atom. The second kappa shape index (κ2) is 11.0. The zero-order valence-electron chi connectivity index (χ0n) is 19.5. The summed E-state index contributed by atoms with van der Waals surface area (Å²) < 4.78 is 32.2. The summed E-state index contributed by atoms with van der Waals surface area (Å²) in [6.07, 6.45) is 4.75. The van der Waals surface area contributed by atoms with Crippen LogP contribution in [0.1, 0.15) is 64.9 Å². The van der Waals surface area contributed by atoms with E-state index in [1.807, 2.05) is 26.8 Å². The molecule has 0 spiro atoms. The molecule has 0 saturated carbocycles. The number of carbonyl (C=O) groups excluding carboxylic acids is 1. The molecule has 0 aliphatic heterocycles. The molecule has 0 saturated heterocycles. The lowest BCUT2D eigenvalue weighted by Gasteiger charge is -2.28. The molecule has 0 aliphatic carbocycles. The summed E-state index contributed by atoms with van der Waals surface area (Å²) in [5.74, 6) is 0.545. The van der Waals surface area contributed by atoms with E-state index in [4.69, 9.17) is 4.74 Å². The lowest BCUT2D eigenvalue weighted by atomic mass is 10.0. The molecule has 0 aliphatic rings. The molecule has 0 amide bonds. The number of ether oxygens (including phenoxy) is 1. The standard InChI is InChI=1S/C22H36N4O4S/c1-15(2)14-20(22(27)30-16(3)4)26(6)31(28,29)13-9-7-8-10-18-21-19(11-12-23-18)24-17(5)25-21/h11-12,15-16,20H,7-10,13-14H2,1-6H3,(H,24,25)/t20-/m0/s1. The molecule has 2 aromatic rings. The van der Waals surface area contributed by atoms with Crippen molar-refractivity contribution < 1.29 is 17.9 Å². The average molecular weight is 453 g/mol. The summed E-state index contributed by atoms with van der Waals surface area (Å²) in [5.41, 5.74) is 2.78. The minimum atomic E-state index is -3.56. The predicted octanol–water partition coefficient (Wildman–Crippen LogP) is 3.61. The number of aryl methyl sites for hydroxylation is 2. The molecule has 174 valence electrons. The number of aromatic amines is 1. The van der Waals surface area contributed by atoms with E-state index in [1.54, 1.807) is 20.0 Å². The summed E-state index contributed by atoms with van der Waals surface area (Å²) in [4.78, 5) is 24.6. The van der Waals surface area contributed by atoms with Crippen LogP contribution in [0.5, 0.6) is 0 Å². The van der Waals surface area contributed by atoms with Gasteiger partial charge >= 0.3 is 5.97 Å². The maximum absolute atomic E-state index is 12.8. The van der Waals surface area contributed by atoms with Gasteiger partial charge < -0.3 is 9.72 Å². The Morgan fingerprint density at radius 2 is 1.90 bits per heavy atom. The van der Waals surface area contributed by atoms with E-state index < -0.39 is 22.0 Å². The first-order valence-electron chi connectivity index (χ1n) is 11.0. The Hall–Kier alpha value is -2.00. The molecule has 31 heavy (non-hydrogen) atoms. The molecule has 2 rings (SSSR count). The van der Waals surface area contributed by atoms with Gasteiger partial charge in [0.25, 0.3) is 0 Å². The Labute approximate surface area is 185 Å². The Kier molecular flexibility index (Phi) is 9.00. The van der Waals surface area contributed by atoms with Gasteiger partial charge in [-0.3, -0.25) is 9.78 Å². The Balaban J connectivity index is 1.90. The SMILES string of the molecule is Cc1nc2c(CCCCCS(=O)(=O)N(C)[C@@H](CC(C)C)C(=O)OC(C)C)nccc2[nH]1. The number of likely N-dealkylation sites (N-methyl/N-ethyl adjacent to an activating group) is 1. The largest absolute Gasteiger partial charge is 0.462 e. The highest BCUT2D eigenvalue weighted by molar-refractivity contribution is 7.89. The molecule has 0 unspecified atom stereocenters. The number of unbranched alkanes of at least 4 members (excludes halogenated alkanes) is 2. The molecule has 0 bridgehead atoms. The van der Waals surface area contributed by atoms with Crippen LogP contribution in [0.2, 0.25) is 0 Å². The van der Waals surface area contributed by atoms with E-state index in [0.717, 1.165) is 41.8 Å². The molecule has 2 heterocycles. The number of pyridine rings is 1. The van der Waals surface area contributed by atoms with Crippen molar-refractivity contribution in [3.8, 4) is 0 Å². The number of nitrogens with one attached hydrogen (secondary N) is 1. The number of sulfonamides is 1. The molecule has 1 N–H and O–H groups in total. The topological polar surface area (TPSA) is 105 Å². The summed E-state index contributed by atoms with van der Waals surface area (Å²) in [5, 5.41) is 0. The number of hydrogen-bond donors (Lipinski definition) is 1. The van der Waals surface area contributed by atoms with Crippen LogP contribution in [0.4, 0.5) is 0 Å². The predicted molar refractivity (Wildman–Crippen MR) is 122 cm³/mol. The fraction of sp³-hybridized carbons (Fsp3) is 0.682. The third-order valence-electron chi connectivity index (χ3n) is 5.11. The average Bonchev–Trinajstić information content (AvgIpc) is 3.05. The van der Waals surface area contributed by atoms with Gasteiger partial charge in [0.2, 0.25) is 10.0 Å². The first kappa shape index (κ1) is 25.3. The molecule has 0 aromatic carbocycles. The van der Waals surface area contributed by atoms with E-state index in [2.05, 4.69) is 15.0 Å². The Bertz CT molecular complexity index is 969. The second-order valence-electron chi connectivity index (χ2n) is 8.75. The summed E-state index contributed by atoms with van der Waals surface area (Å²) >= 11 is 0. The minimum Gasteiger partial charge on any atom is -0.462 e. The normalized spacial score (nSPS) is 13.5. The zero-order chi connectivity index (χ0) is 23.2. The summed E-state index contributed by atoms with van der Waals surface area (Å²) in [6.45, 7) is 9.36. The number of aromatic nitrogens is 3. The first-order chi connectivity index (χ1) is 14.5. The van der Waals surface area contributed by atoms with E-state index in [0.29, 0.717) is 12.8 Å². The van der Waals surface area contributed by atoms with E-state index >= 15 is 0 Å². The molecule has 2 aromatic heterocycles. The van der Waals surface area contributed by atoms with Gasteiger partial charge in [-0.05, 0) is 58.4 Å². The van der Waals surface area contributed by atoms with Gasteiger partial charge in [0, 0.05) is 13.2 Å².